The highest BCUT2D eigenvalue weighted by Gasteiger charge is 2.09. The van der Waals surface area contributed by atoms with Gasteiger partial charge >= 0.3 is 0 Å². The maximum atomic E-state index is 11.9. The van der Waals surface area contributed by atoms with Crippen LogP contribution in [0.25, 0.3) is 0 Å². The molecule has 0 radical (unpaired) electrons. The normalized spacial score (nSPS) is 10.0. The Balaban J connectivity index is 2.40. The van der Waals surface area contributed by atoms with Gasteiger partial charge in [0, 0.05) is 37.9 Å². The first-order chi connectivity index (χ1) is 10.1. The largest absolute Gasteiger partial charge is 0.383 e. The Morgan fingerprint density at radius 2 is 2.05 bits per heavy atom. The zero-order valence-corrected chi connectivity index (χ0v) is 12.2. The van der Waals surface area contributed by atoms with Crippen LogP contribution in [0.4, 0.5) is 5.82 Å². The summed E-state index contributed by atoms with van der Waals surface area (Å²) >= 11 is 0. The smallest absolute Gasteiger partial charge is 0.251 e. The lowest BCUT2D eigenvalue weighted by molar-refractivity contribution is -0.121. The van der Waals surface area contributed by atoms with E-state index in [0.717, 1.165) is 0 Å². The fraction of sp³-hybridized carbons (Fsp3) is 0.462. The molecule has 0 unspecified atom stereocenters. The van der Waals surface area contributed by atoms with E-state index in [2.05, 4.69) is 21.0 Å². The van der Waals surface area contributed by atoms with Gasteiger partial charge in [0.05, 0.1) is 6.61 Å². The van der Waals surface area contributed by atoms with Crippen molar-refractivity contribution in [3.05, 3.63) is 23.4 Å². The molecule has 0 bridgehead atoms. The monoisotopic (exact) mass is 295 g/mol. The summed E-state index contributed by atoms with van der Waals surface area (Å²) in [5.74, 6) is 5.28. The van der Waals surface area contributed by atoms with Crippen molar-refractivity contribution in [1.82, 2.24) is 15.6 Å². The van der Waals surface area contributed by atoms with Crippen molar-refractivity contribution in [3.8, 4) is 0 Å². The molecular weight excluding hydrogens is 274 g/mol. The number of aryl methyl sites for hydroxylation is 1. The van der Waals surface area contributed by atoms with Gasteiger partial charge in [-0.25, -0.2) is 10.8 Å². The van der Waals surface area contributed by atoms with E-state index in [1.807, 2.05) is 0 Å². The molecular formula is C13H21N5O3. The van der Waals surface area contributed by atoms with Crippen LogP contribution in [0.15, 0.2) is 12.1 Å². The van der Waals surface area contributed by atoms with Gasteiger partial charge < -0.3 is 20.8 Å². The number of nitrogen functional groups attached to an aromatic ring is 1. The molecule has 21 heavy (non-hydrogen) atoms. The van der Waals surface area contributed by atoms with Crippen molar-refractivity contribution in [1.29, 1.82) is 0 Å². The third-order valence-electron chi connectivity index (χ3n) is 2.63. The number of carbonyl (C=O) groups is 2. The van der Waals surface area contributed by atoms with E-state index in [9.17, 15) is 9.59 Å². The summed E-state index contributed by atoms with van der Waals surface area (Å²) in [5, 5.41) is 5.34. The number of nitrogens with two attached hydrogens (primary N) is 1. The zero-order chi connectivity index (χ0) is 15.7. The summed E-state index contributed by atoms with van der Waals surface area (Å²) < 4.78 is 4.82. The number of amides is 2. The van der Waals surface area contributed by atoms with Crippen molar-refractivity contribution in [2.24, 2.45) is 5.84 Å². The predicted octanol–water partition coefficient (Wildman–Crippen LogP) is -0.442. The third-order valence-corrected chi connectivity index (χ3v) is 2.63. The number of ether oxygens (including phenoxy) is 1. The van der Waals surface area contributed by atoms with Gasteiger partial charge in [0.1, 0.15) is 5.82 Å². The number of rotatable bonds is 8. The number of methoxy groups -OCH3 is 1. The van der Waals surface area contributed by atoms with Crippen LogP contribution in [0.5, 0.6) is 0 Å². The first-order valence-corrected chi connectivity index (χ1v) is 6.56. The molecule has 0 aliphatic rings. The fourth-order valence-electron chi connectivity index (χ4n) is 1.65. The van der Waals surface area contributed by atoms with Crippen LogP contribution in [0.1, 0.15) is 22.5 Å². The summed E-state index contributed by atoms with van der Waals surface area (Å²) in [5.41, 5.74) is 3.51. The number of nitrogens with zero attached hydrogens (tertiary/aromatic N) is 1. The van der Waals surface area contributed by atoms with E-state index in [0.29, 0.717) is 30.2 Å². The molecule has 0 aliphatic heterocycles. The minimum atomic E-state index is -0.276. The lowest BCUT2D eigenvalue weighted by atomic mass is 10.2. The average molecular weight is 295 g/mol. The van der Waals surface area contributed by atoms with Crippen LogP contribution < -0.4 is 21.9 Å². The quantitative estimate of drug-likeness (QED) is 0.293. The summed E-state index contributed by atoms with van der Waals surface area (Å²) in [6, 6.07) is 3.19. The van der Waals surface area contributed by atoms with Gasteiger partial charge in [-0.05, 0) is 19.1 Å². The van der Waals surface area contributed by atoms with E-state index in [4.69, 9.17) is 10.6 Å². The lowest BCUT2D eigenvalue weighted by Crippen LogP contribution is -2.32. The second kappa shape index (κ2) is 8.88. The summed E-state index contributed by atoms with van der Waals surface area (Å²) in [6.45, 7) is 2.94. The lowest BCUT2D eigenvalue weighted by Gasteiger charge is -2.08. The third kappa shape index (κ3) is 6.19. The maximum absolute atomic E-state index is 11.9. The fourth-order valence-corrected chi connectivity index (χ4v) is 1.65. The molecule has 0 saturated heterocycles. The van der Waals surface area contributed by atoms with Crippen LogP contribution >= 0.6 is 0 Å². The number of carbonyl (C=O) groups excluding carboxylic acids is 2. The van der Waals surface area contributed by atoms with E-state index < -0.39 is 0 Å². The van der Waals surface area contributed by atoms with E-state index >= 15 is 0 Å². The van der Waals surface area contributed by atoms with Gasteiger partial charge in [0.15, 0.2) is 0 Å². The van der Waals surface area contributed by atoms with Gasteiger partial charge in [-0.2, -0.15) is 0 Å². The van der Waals surface area contributed by atoms with Crippen molar-refractivity contribution in [2.75, 3.05) is 32.2 Å². The molecule has 0 spiro atoms. The van der Waals surface area contributed by atoms with Crippen molar-refractivity contribution >= 4 is 17.6 Å². The maximum Gasteiger partial charge on any atom is 0.251 e. The molecule has 8 heteroatoms. The zero-order valence-electron chi connectivity index (χ0n) is 12.2. The number of hydrogen-bond acceptors (Lipinski definition) is 6. The molecule has 2 amide bonds. The van der Waals surface area contributed by atoms with E-state index in [1.54, 1.807) is 26.2 Å². The Labute approximate surface area is 123 Å². The van der Waals surface area contributed by atoms with E-state index in [-0.39, 0.29) is 24.8 Å². The van der Waals surface area contributed by atoms with E-state index in [1.165, 1.54) is 0 Å². The number of hydrogen-bond donors (Lipinski definition) is 4. The Morgan fingerprint density at radius 3 is 2.71 bits per heavy atom. The van der Waals surface area contributed by atoms with Crippen LogP contribution in [-0.2, 0) is 9.53 Å². The molecule has 0 fully saturated rings. The second-order valence-corrected chi connectivity index (χ2v) is 4.38. The summed E-state index contributed by atoms with van der Waals surface area (Å²) in [7, 11) is 1.56. The highest BCUT2D eigenvalue weighted by Crippen LogP contribution is 2.08. The number of hydrazine groups is 1. The Bertz CT molecular complexity index is 493. The number of anilines is 1. The average Bonchev–Trinajstić information content (AvgIpc) is 2.46. The highest BCUT2D eigenvalue weighted by molar-refractivity contribution is 5.95. The Kier molecular flexibility index (Phi) is 7.13. The molecule has 1 rings (SSSR count). The van der Waals surface area contributed by atoms with Gasteiger partial charge in [-0.3, -0.25) is 9.59 Å². The molecule has 5 N–H and O–H groups in total. The molecule has 0 saturated carbocycles. The molecule has 1 heterocycles. The van der Waals surface area contributed by atoms with Crippen LogP contribution in [0.3, 0.4) is 0 Å². The Morgan fingerprint density at radius 1 is 1.29 bits per heavy atom. The van der Waals surface area contributed by atoms with Crippen LogP contribution in [-0.4, -0.2) is 43.6 Å². The molecule has 0 aliphatic carbocycles. The van der Waals surface area contributed by atoms with Crippen molar-refractivity contribution in [3.63, 3.8) is 0 Å². The molecule has 8 nitrogen and oxygen atoms in total. The topological polar surface area (TPSA) is 118 Å². The number of aromatic nitrogens is 1. The van der Waals surface area contributed by atoms with Gasteiger partial charge in [-0.1, -0.05) is 0 Å². The minimum absolute atomic E-state index is 0.137. The Hall–Kier alpha value is -2.19. The molecule has 1 aromatic heterocycles. The van der Waals surface area contributed by atoms with Gasteiger partial charge in [0.25, 0.3) is 5.91 Å². The molecule has 116 valence electrons. The van der Waals surface area contributed by atoms with Crippen LogP contribution in [0.2, 0.25) is 0 Å². The van der Waals surface area contributed by atoms with Crippen molar-refractivity contribution in [2.45, 2.75) is 13.3 Å². The second-order valence-electron chi connectivity index (χ2n) is 4.38. The van der Waals surface area contributed by atoms with Crippen molar-refractivity contribution < 1.29 is 14.3 Å². The molecule has 0 aromatic carbocycles. The first kappa shape index (κ1) is 16.9. The van der Waals surface area contributed by atoms with Gasteiger partial charge in [-0.15, -0.1) is 0 Å². The van der Waals surface area contributed by atoms with Gasteiger partial charge in [0.2, 0.25) is 5.91 Å². The molecule has 1 aromatic rings. The minimum Gasteiger partial charge on any atom is -0.383 e. The highest BCUT2D eigenvalue weighted by atomic mass is 16.5. The first-order valence-electron chi connectivity index (χ1n) is 6.56. The molecule has 0 atom stereocenters. The summed E-state index contributed by atoms with van der Waals surface area (Å²) in [4.78, 5) is 27.5. The number of nitrogens with one attached hydrogen (secondary N) is 3. The SMILES string of the molecule is COCCNC(=O)CCNC(=O)c1cc(C)nc(NN)c1. The number of pyridine rings is 1. The predicted molar refractivity (Wildman–Crippen MR) is 78.6 cm³/mol. The summed E-state index contributed by atoms with van der Waals surface area (Å²) in [6.07, 6.45) is 0.210. The van der Waals surface area contributed by atoms with Crippen LogP contribution in [0, 0.1) is 6.92 Å². The standard InChI is InChI=1S/C13H21N5O3/c1-9-7-10(8-11(17-9)18-14)13(20)16-4-3-12(19)15-5-6-21-2/h7-8H,3-6,14H2,1-2H3,(H,15,19)(H,16,20)(H,17,18).